The van der Waals surface area contributed by atoms with E-state index in [1.165, 1.54) is 19.0 Å². The number of aromatic carboxylic acids is 1. The lowest BCUT2D eigenvalue weighted by molar-refractivity contribution is 0.0685. The van der Waals surface area contributed by atoms with Crippen molar-refractivity contribution in [1.82, 2.24) is 4.98 Å². The van der Waals surface area contributed by atoms with Crippen LogP contribution in [0.5, 0.6) is 5.75 Å². The van der Waals surface area contributed by atoms with Crippen LogP contribution in [0.15, 0.2) is 18.3 Å². The Morgan fingerprint density at radius 3 is 3.07 bits per heavy atom. The Bertz CT molecular complexity index is 361. The van der Waals surface area contributed by atoms with Gasteiger partial charge in [-0.15, -0.1) is 0 Å². The van der Waals surface area contributed by atoms with Crippen molar-refractivity contribution in [3.63, 3.8) is 0 Å². The third-order valence-electron chi connectivity index (χ3n) is 2.45. The molecule has 0 bridgehead atoms. The van der Waals surface area contributed by atoms with Crippen LogP contribution in [0.1, 0.15) is 29.8 Å². The van der Waals surface area contributed by atoms with Crippen LogP contribution in [0.3, 0.4) is 0 Å². The summed E-state index contributed by atoms with van der Waals surface area (Å²) in [4.78, 5) is 14.6. The van der Waals surface area contributed by atoms with Gasteiger partial charge in [-0.05, 0) is 24.5 Å². The largest absolute Gasteiger partial charge is 0.491 e. The van der Waals surface area contributed by atoms with Crippen LogP contribution in [-0.2, 0) is 0 Å². The highest BCUT2D eigenvalue weighted by Crippen LogP contribution is 2.32. The number of ether oxygens (including phenoxy) is 1. The van der Waals surface area contributed by atoms with Gasteiger partial charge in [-0.2, -0.15) is 0 Å². The highest BCUT2D eigenvalue weighted by atomic mass is 16.5. The Balaban J connectivity index is 1.95. The summed E-state index contributed by atoms with van der Waals surface area (Å²) in [5.74, 6) is 0.109. The van der Waals surface area contributed by atoms with Gasteiger partial charge in [0.15, 0.2) is 11.4 Å². The smallest absolute Gasteiger partial charge is 0.358 e. The van der Waals surface area contributed by atoms with Gasteiger partial charge in [-0.1, -0.05) is 12.8 Å². The Labute approximate surface area is 87.9 Å². The molecule has 0 saturated heterocycles. The average molecular weight is 207 g/mol. The molecule has 1 aliphatic rings. The van der Waals surface area contributed by atoms with Crippen molar-refractivity contribution < 1.29 is 14.6 Å². The summed E-state index contributed by atoms with van der Waals surface area (Å²) in [6.45, 7) is 0.580. The maximum atomic E-state index is 10.8. The first-order chi connectivity index (χ1) is 7.27. The van der Waals surface area contributed by atoms with Crippen LogP contribution >= 0.6 is 0 Å². The van der Waals surface area contributed by atoms with E-state index < -0.39 is 5.97 Å². The normalized spacial score (nSPS) is 14.9. The van der Waals surface area contributed by atoms with Gasteiger partial charge < -0.3 is 9.84 Å². The molecule has 1 aromatic rings. The number of carbonyl (C=O) groups is 1. The molecule has 1 heterocycles. The van der Waals surface area contributed by atoms with Crippen LogP contribution < -0.4 is 4.74 Å². The van der Waals surface area contributed by atoms with E-state index in [-0.39, 0.29) is 5.69 Å². The van der Waals surface area contributed by atoms with Gasteiger partial charge in [-0.25, -0.2) is 9.78 Å². The van der Waals surface area contributed by atoms with Crippen molar-refractivity contribution in [2.24, 2.45) is 5.92 Å². The minimum absolute atomic E-state index is 0.00621. The molecule has 0 atom stereocenters. The quantitative estimate of drug-likeness (QED) is 0.801. The highest BCUT2D eigenvalue weighted by Gasteiger charge is 2.21. The molecule has 4 heteroatoms. The molecule has 2 rings (SSSR count). The van der Waals surface area contributed by atoms with E-state index in [1.54, 1.807) is 12.1 Å². The third kappa shape index (κ3) is 2.68. The van der Waals surface area contributed by atoms with E-state index in [0.29, 0.717) is 12.4 Å². The summed E-state index contributed by atoms with van der Waals surface area (Å²) in [6, 6.07) is 3.32. The number of nitrogens with zero attached hydrogens (tertiary/aromatic N) is 1. The average Bonchev–Trinajstić information content (AvgIpc) is 3.02. The summed E-state index contributed by atoms with van der Waals surface area (Å²) < 4.78 is 5.41. The number of hydrogen-bond donors (Lipinski definition) is 1. The molecule has 0 unspecified atom stereocenters. The van der Waals surface area contributed by atoms with Crippen LogP contribution in [-0.4, -0.2) is 22.7 Å². The fraction of sp³-hybridized carbons (Fsp3) is 0.455. The lowest BCUT2D eigenvalue weighted by Crippen LogP contribution is -2.06. The molecule has 1 fully saturated rings. The fourth-order valence-electron chi connectivity index (χ4n) is 1.41. The molecule has 1 aliphatic carbocycles. The minimum Gasteiger partial charge on any atom is -0.491 e. The monoisotopic (exact) mass is 207 g/mol. The molecule has 1 aromatic heterocycles. The molecule has 0 aliphatic heterocycles. The van der Waals surface area contributed by atoms with Crippen molar-refractivity contribution in [3.05, 3.63) is 24.0 Å². The SMILES string of the molecule is O=C(O)c1ncccc1OCCC1CC1. The predicted octanol–water partition coefficient (Wildman–Crippen LogP) is 1.96. The topological polar surface area (TPSA) is 59.4 Å². The molecule has 1 saturated carbocycles. The standard InChI is InChI=1S/C11H13NO3/c13-11(14)10-9(2-1-6-12-10)15-7-5-8-3-4-8/h1-2,6,8H,3-5,7H2,(H,13,14). The zero-order valence-corrected chi connectivity index (χ0v) is 8.35. The first-order valence-corrected chi connectivity index (χ1v) is 5.08. The van der Waals surface area contributed by atoms with E-state index in [0.717, 1.165) is 12.3 Å². The summed E-state index contributed by atoms with van der Waals surface area (Å²) in [6.07, 6.45) is 5.02. The lowest BCUT2D eigenvalue weighted by Gasteiger charge is -2.07. The van der Waals surface area contributed by atoms with Crippen LogP contribution in [0.25, 0.3) is 0 Å². The molecule has 0 amide bonds. The van der Waals surface area contributed by atoms with Crippen molar-refractivity contribution in [3.8, 4) is 5.75 Å². The van der Waals surface area contributed by atoms with E-state index in [9.17, 15) is 4.79 Å². The van der Waals surface area contributed by atoms with E-state index >= 15 is 0 Å². The van der Waals surface area contributed by atoms with Gasteiger partial charge in [0.1, 0.15) is 0 Å². The maximum Gasteiger partial charge on any atom is 0.358 e. The van der Waals surface area contributed by atoms with Gasteiger partial charge >= 0.3 is 5.97 Å². The van der Waals surface area contributed by atoms with E-state index in [1.807, 2.05) is 0 Å². The Morgan fingerprint density at radius 1 is 1.60 bits per heavy atom. The van der Waals surface area contributed by atoms with Crippen LogP contribution in [0.4, 0.5) is 0 Å². The van der Waals surface area contributed by atoms with Gasteiger partial charge in [0, 0.05) is 6.20 Å². The minimum atomic E-state index is -1.04. The number of hydrogen-bond acceptors (Lipinski definition) is 3. The Kier molecular flexibility index (Phi) is 2.85. The Hall–Kier alpha value is -1.58. The summed E-state index contributed by atoms with van der Waals surface area (Å²) in [5, 5.41) is 8.84. The van der Waals surface area contributed by atoms with Crippen LogP contribution in [0, 0.1) is 5.92 Å². The van der Waals surface area contributed by atoms with Crippen molar-refractivity contribution in [1.29, 1.82) is 0 Å². The van der Waals surface area contributed by atoms with Crippen molar-refractivity contribution in [2.75, 3.05) is 6.61 Å². The van der Waals surface area contributed by atoms with Gasteiger partial charge in [0.2, 0.25) is 0 Å². The first-order valence-electron chi connectivity index (χ1n) is 5.08. The zero-order chi connectivity index (χ0) is 10.7. The van der Waals surface area contributed by atoms with Crippen molar-refractivity contribution >= 4 is 5.97 Å². The zero-order valence-electron chi connectivity index (χ0n) is 8.35. The maximum absolute atomic E-state index is 10.8. The first kappa shape index (κ1) is 9.96. The molecular formula is C11H13NO3. The van der Waals surface area contributed by atoms with E-state index in [4.69, 9.17) is 9.84 Å². The van der Waals surface area contributed by atoms with Gasteiger partial charge in [0.05, 0.1) is 6.61 Å². The summed E-state index contributed by atoms with van der Waals surface area (Å²) in [7, 11) is 0. The van der Waals surface area contributed by atoms with Gasteiger partial charge in [-0.3, -0.25) is 0 Å². The number of aromatic nitrogens is 1. The molecule has 80 valence electrons. The molecule has 0 spiro atoms. The molecule has 4 nitrogen and oxygen atoms in total. The molecule has 1 N–H and O–H groups in total. The van der Waals surface area contributed by atoms with Gasteiger partial charge in [0.25, 0.3) is 0 Å². The second-order valence-electron chi connectivity index (χ2n) is 3.74. The molecule has 0 radical (unpaired) electrons. The molecular weight excluding hydrogens is 194 g/mol. The number of pyridine rings is 1. The summed E-state index contributed by atoms with van der Waals surface area (Å²) in [5.41, 5.74) is -0.00621. The highest BCUT2D eigenvalue weighted by molar-refractivity contribution is 5.88. The van der Waals surface area contributed by atoms with Crippen LogP contribution in [0.2, 0.25) is 0 Å². The lowest BCUT2D eigenvalue weighted by atomic mass is 10.3. The third-order valence-corrected chi connectivity index (χ3v) is 2.45. The molecule has 15 heavy (non-hydrogen) atoms. The van der Waals surface area contributed by atoms with E-state index in [2.05, 4.69) is 4.98 Å². The predicted molar refractivity (Wildman–Crippen MR) is 54.0 cm³/mol. The Morgan fingerprint density at radius 2 is 2.40 bits per heavy atom. The second kappa shape index (κ2) is 4.29. The number of rotatable bonds is 5. The number of carboxylic acid groups (broad SMARTS) is 1. The summed E-state index contributed by atoms with van der Waals surface area (Å²) >= 11 is 0. The fourth-order valence-corrected chi connectivity index (χ4v) is 1.41. The number of carboxylic acids is 1. The molecule has 0 aromatic carbocycles. The van der Waals surface area contributed by atoms with Crippen molar-refractivity contribution in [2.45, 2.75) is 19.3 Å². The second-order valence-corrected chi connectivity index (χ2v) is 3.74.